The standard InChI is InChI=1S/C17H26N2OS/c1-13-4-3-5-15(8-13)11-21-12-17(20)19-7-6-14(2)9-16(19)10-18/h3-5,8,14,16H,6-7,9-12,18H2,1-2H3. The molecule has 0 aliphatic carbocycles. The second-order valence-electron chi connectivity index (χ2n) is 6.09. The number of hydrogen-bond donors (Lipinski definition) is 1. The van der Waals surface area contributed by atoms with Crippen molar-refractivity contribution in [2.75, 3.05) is 18.8 Å². The van der Waals surface area contributed by atoms with Gasteiger partial charge in [-0.3, -0.25) is 4.79 Å². The van der Waals surface area contributed by atoms with E-state index in [0.717, 1.165) is 25.1 Å². The van der Waals surface area contributed by atoms with Crippen LogP contribution in [-0.4, -0.2) is 35.7 Å². The Bertz CT molecular complexity index is 478. The van der Waals surface area contributed by atoms with E-state index in [2.05, 4.69) is 38.1 Å². The Morgan fingerprint density at radius 2 is 2.29 bits per heavy atom. The van der Waals surface area contributed by atoms with Gasteiger partial charge in [-0.25, -0.2) is 0 Å². The van der Waals surface area contributed by atoms with Crippen molar-refractivity contribution in [2.24, 2.45) is 11.7 Å². The van der Waals surface area contributed by atoms with Gasteiger partial charge in [0.25, 0.3) is 0 Å². The molecule has 1 aromatic carbocycles. The molecular formula is C17H26N2OS. The zero-order valence-electron chi connectivity index (χ0n) is 13.0. The van der Waals surface area contributed by atoms with E-state index in [-0.39, 0.29) is 11.9 Å². The second kappa shape index (κ2) is 7.85. The van der Waals surface area contributed by atoms with Gasteiger partial charge in [-0.1, -0.05) is 36.8 Å². The summed E-state index contributed by atoms with van der Waals surface area (Å²) < 4.78 is 0. The van der Waals surface area contributed by atoms with Gasteiger partial charge in [-0.05, 0) is 31.2 Å². The number of benzene rings is 1. The summed E-state index contributed by atoms with van der Waals surface area (Å²) in [5.74, 6) is 2.38. The van der Waals surface area contributed by atoms with Gasteiger partial charge in [0.1, 0.15) is 0 Å². The molecule has 4 heteroatoms. The summed E-state index contributed by atoms with van der Waals surface area (Å²) in [5, 5.41) is 0. The van der Waals surface area contributed by atoms with Crippen LogP contribution in [0.3, 0.4) is 0 Å². The van der Waals surface area contributed by atoms with E-state index in [0.29, 0.717) is 18.2 Å². The third-order valence-electron chi connectivity index (χ3n) is 4.15. The summed E-state index contributed by atoms with van der Waals surface area (Å²) >= 11 is 1.70. The van der Waals surface area contributed by atoms with Gasteiger partial charge >= 0.3 is 0 Å². The molecule has 2 unspecified atom stereocenters. The van der Waals surface area contributed by atoms with Crippen molar-refractivity contribution in [2.45, 2.75) is 38.5 Å². The Hall–Kier alpha value is -1.00. The Balaban J connectivity index is 1.81. The Morgan fingerprint density at radius 3 is 3.00 bits per heavy atom. The summed E-state index contributed by atoms with van der Waals surface area (Å²) in [6.07, 6.45) is 2.15. The van der Waals surface area contributed by atoms with Gasteiger partial charge in [0.2, 0.25) is 5.91 Å². The maximum Gasteiger partial charge on any atom is 0.232 e. The summed E-state index contributed by atoms with van der Waals surface area (Å²) in [6, 6.07) is 8.71. The SMILES string of the molecule is Cc1cccc(CSCC(=O)N2CCC(C)CC2CN)c1. The third kappa shape index (κ3) is 4.75. The molecule has 1 fully saturated rings. The van der Waals surface area contributed by atoms with E-state index >= 15 is 0 Å². The minimum atomic E-state index is 0.237. The number of likely N-dealkylation sites (tertiary alicyclic amines) is 1. The molecule has 2 atom stereocenters. The van der Waals surface area contributed by atoms with Crippen LogP contribution in [0.4, 0.5) is 0 Å². The van der Waals surface area contributed by atoms with E-state index < -0.39 is 0 Å². The largest absolute Gasteiger partial charge is 0.338 e. The average molecular weight is 306 g/mol. The van der Waals surface area contributed by atoms with Crippen LogP contribution in [0.5, 0.6) is 0 Å². The predicted octanol–water partition coefficient (Wildman–Crippen LogP) is 2.81. The minimum absolute atomic E-state index is 0.237. The molecule has 0 spiro atoms. The molecule has 1 amide bonds. The number of aryl methyl sites for hydroxylation is 1. The van der Waals surface area contributed by atoms with Crippen LogP contribution in [0.1, 0.15) is 30.9 Å². The number of carbonyl (C=O) groups excluding carboxylic acids is 1. The average Bonchev–Trinajstić information content (AvgIpc) is 2.47. The molecule has 0 bridgehead atoms. The number of nitrogens with zero attached hydrogens (tertiary/aromatic N) is 1. The molecule has 1 heterocycles. The van der Waals surface area contributed by atoms with Crippen LogP contribution in [0.2, 0.25) is 0 Å². The van der Waals surface area contributed by atoms with Crippen molar-refractivity contribution in [3.63, 3.8) is 0 Å². The topological polar surface area (TPSA) is 46.3 Å². The molecule has 0 saturated carbocycles. The number of amides is 1. The minimum Gasteiger partial charge on any atom is -0.338 e. The number of hydrogen-bond acceptors (Lipinski definition) is 3. The lowest BCUT2D eigenvalue weighted by molar-refractivity contribution is -0.132. The smallest absolute Gasteiger partial charge is 0.232 e. The van der Waals surface area contributed by atoms with Crippen LogP contribution in [0.15, 0.2) is 24.3 Å². The molecule has 1 aliphatic rings. The van der Waals surface area contributed by atoms with Gasteiger partial charge < -0.3 is 10.6 Å². The normalized spacial score (nSPS) is 22.3. The van der Waals surface area contributed by atoms with Crippen molar-refractivity contribution in [1.82, 2.24) is 4.90 Å². The van der Waals surface area contributed by atoms with Gasteiger partial charge in [0.05, 0.1) is 5.75 Å². The zero-order valence-corrected chi connectivity index (χ0v) is 13.9. The molecule has 116 valence electrons. The Morgan fingerprint density at radius 1 is 1.48 bits per heavy atom. The van der Waals surface area contributed by atoms with Gasteiger partial charge in [-0.15, -0.1) is 11.8 Å². The maximum absolute atomic E-state index is 12.4. The number of nitrogens with two attached hydrogens (primary N) is 1. The lowest BCUT2D eigenvalue weighted by atomic mass is 9.92. The molecule has 1 aromatic rings. The highest BCUT2D eigenvalue weighted by Crippen LogP contribution is 2.23. The van der Waals surface area contributed by atoms with Crippen LogP contribution in [0.25, 0.3) is 0 Å². The van der Waals surface area contributed by atoms with E-state index in [1.54, 1.807) is 11.8 Å². The highest BCUT2D eigenvalue weighted by atomic mass is 32.2. The van der Waals surface area contributed by atoms with Crippen molar-refractivity contribution in [3.8, 4) is 0 Å². The first-order chi connectivity index (χ1) is 10.1. The molecule has 1 saturated heterocycles. The van der Waals surface area contributed by atoms with E-state index in [1.165, 1.54) is 11.1 Å². The van der Waals surface area contributed by atoms with E-state index in [4.69, 9.17) is 5.73 Å². The zero-order chi connectivity index (χ0) is 15.2. The molecule has 3 nitrogen and oxygen atoms in total. The molecule has 2 rings (SSSR count). The maximum atomic E-state index is 12.4. The second-order valence-corrected chi connectivity index (χ2v) is 7.07. The number of thioether (sulfide) groups is 1. The third-order valence-corrected chi connectivity index (χ3v) is 5.14. The molecule has 0 radical (unpaired) electrons. The fraction of sp³-hybridized carbons (Fsp3) is 0.588. The molecule has 1 aliphatic heterocycles. The van der Waals surface area contributed by atoms with Crippen LogP contribution >= 0.6 is 11.8 Å². The van der Waals surface area contributed by atoms with Gasteiger partial charge in [0.15, 0.2) is 0 Å². The molecule has 21 heavy (non-hydrogen) atoms. The van der Waals surface area contributed by atoms with Crippen LogP contribution < -0.4 is 5.73 Å². The van der Waals surface area contributed by atoms with Crippen molar-refractivity contribution in [1.29, 1.82) is 0 Å². The fourth-order valence-electron chi connectivity index (χ4n) is 2.94. The van der Waals surface area contributed by atoms with Crippen molar-refractivity contribution in [3.05, 3.63) is 35.4 Å². The lowest BCUT2D eigenvalue weighted by Crippen LogP contribution is -2.49. The fourth-order valence-corrected chi connectivity index (χ4v) is 3.80. The summed E-state index contributed by atoms with van der Waals surface area (Å²) in [6.45, 7) is 5.79. The summed E-state index contributed by atoms with van der Waals surface area (Å²) in [5.41, 5.74) is 8.39. The van der Waals surface area contributed by atoms with Crippen molar-refractivity contribution < 1.29 is 4.79 Å². The molecule has 2 N–H and O–H groups in total. The van der Waals surface area contributed by atoms with E-state index in [1.807, 2.05) is 4.90 Å². The highest BCUT2D eigenvalue weighted by molar-refractivity contribution is 7.99. The Labute approximate surface area is 132 Å². The first-order valence-electron chi connectivity index (χ1n) is 7.73. The van der Waals surface area contributed by atoms with Crippen LogP contribution in [-0.2, 0) is 10.5 Å². The first kappa shape index (κ1) is 16.4. The summed E-state index contributed by atoms with van der Waals surface area (Å²) in [7, 11) is 0. The van der Waals surface area contributed by atoms with Gasteiger partial charge in [0, 0.05) is 24.9 Å². The predicted molar refractivity (Wildman–Crippen MR) is 90.3 cm³/mol. The number of piperidine rings is 1. The molecule has 0 aromatic heterocycles. The molecular weight excluding hydrogens is 280 g/mol. The van der Waals surface area contributed by atoms with Crippen molar-refractivity contribution >= 4 is 17.7 Å². The summed E-state index contributed by atoms with van der Waals surface area (Å²) in [4.78, 5) is 14.4. The van der Waals surface area contributed by atoms with Gasteiger partial charge in [-0.2, -0.15) is 0 Å². The quantitative estimate of drug-likeness (QED) is 0.910. The van der Waals surface area contributed by atoms with Crippen LogP contribution in [0, 0.1) is 12.8 Å². The lowest BCUT2D eigenvalue weighted by Gasteiger charge is -2.38. The first-order valence-corrected chi connectivity index (χ1v) is 8.88. The van der Waals surface area contributed by atoms with E-state index in [9.17, 15) is 4.79 Å². The number of carbonyl (C=O) groups is 1. The monoisotopic (exact) mass is 306 g/mol. The Kier molecular flexibility index (Phi) is 6.12. The number of rotatable bonds is 5. The highest BCUT2D eigenvalue weighted by Gasteiger charge is 2.28.